The van der Waals surface area contributed by atoms with Crippen LogP contribution in [0.25, 0.3) is 11.3 Å². The maximum absolute atomic E-state index is 12.3. The highest BCUT2D eigenvalue weighted by atomic mass is 32.1. The number of carbonyl (C=O) groups is 3. The first-order valence-electron chi connectivity index (χ1n) is 9.13. The number of hydrogen-bond donors (Lipinski definition) is 2. The SMILES string of the molecule is CCc1ccc(-c2csc(NC(=O)[C@H](C)OC(=O)c3cc(C(C)=O)c[nH]3)n2)cc1. The summed E-state index contributed by atoms with van der Waals surface area (Å²) >= 11 is 1.29. The van der Waals surface area contributed by atoms with Gasteiger partial charge in [0.15, 0.2) is 17.0 Å². The highest BCUT2D eigenvalue weighted by Crippen LogP contribution is 2.25. The summed E-state index contributed by atoms with van der Waals surface area (Å²) in [6.07, 6.45) is 1.37. The van der Waals surface area contributed by atoms with Crippen molar-refractivity contribution in [2.24, 2.45) is 0 Å². The molecule has 0 saturated carbocycles. The summed E-state index contributed by atoms with van der Waals surface area (Å²) < 4.78 is 5.16. The second-order valence-corrected chi connectivity index (χ2v) is 7.34. The number of nitrogens with one attached hydrogen (secondary N) is 2. The highest BCUT2D eigenvalue weighted by molar-refractivity contribution is 7.14. The van der Waals surface area contributed by atoms with Crippen molar-refractivity contribution in [3.05, 3.63) is 58.7 Å². The molecule has 3 rings (SSSR count). The largest absolute Gasteiger partial charge is 0.448 e. The first-order valence-corrected chi connectivity index (χ1v) is 10.0. The number of ketones is 1. The van der Waals surface area contributed by atoms with Crippen molar-refractivity contribution >= 4 is 34.1 Å². The van der Waals surface area contributed by atoms with Crippen LogP contribution in [0.15, 0.2) is 41.9 Å². The van der Waals surface area contributed by atoms with Gasteiger partial charge >= 0.3 is 5.97 Å². The molecule has 0 aliphatic carbocycles. The Morgan fingerprint density at radius 1 is 1.24 bits per heavy atom. The Hall–Kier alpha value is -3.26. The minimum Gasteiger partial charge on any atom is -0.448 e. The highest BCUT2D eigenvalue weighted by Gasteiger charge is 2.21. The number of Topliss-reactive ketones (excluding diaryl/α,β-unsaturated/α-hetero) is 1. The third-order valence-electron chi connectivity index (χ3n) is 4.35. The molecule has 0 aliphatic rings. The van der Waals surface area contributed by atoms with E-state index in [9.17, 15) is 14.4 Å². The van der Waals surface area contributed by atoms with Gasteiger partial charge in [0, 0.05) is 22.7 Å². The van der Waals surface area contributed by atoms with Crippen molar-refractivity contribution in [1.82, 2.24) is 9.97 Å². The van der Waals surface area contributed by atoms with E-state index >= 15 is 0 Å². The van der Waals surface area contributed by atoms with Crippen LogP contribution in [0.5, 0.6) is 0 Å². The maximum Gasteiger partial charge on any atom is 0.355 e. The number of rotatable bonds is 7. The Balaban J connectivity index is 1.59. The van der Waals surface area contributed by atoms with E-state index in [2.05, 4.69) is 22.2 Å². The van der Waals surface area contributed by atoms with Crippen molar-refractivity contribution in [1.29, 1.82) is 0 Å². The maximum atomic E-state index is 12.3. The second-order valence-electron chi connectivity index (χ2n) is 6.48. The van der Waals surface area contributed by atoms with E-state index in [-0.39, 0.29) is 11.5 Å². The van der Waals surface area contributed by atoms with E-state index in [4.69, 9.17) is 4.74 Å². The Bertz CT molecular complexity index is 1040. The minimum absolute atomic E-state index is 0.113. The molecule has 0 saturated heterocycles. The third-order valence-corrected chi connectivity index (χ3v) is 5.11. The number of benzene rings is 1. The normalized spacial score (nSPS) is 11.7. The lowest BCUT2D eigenvalue weighted by molar-refractivity contribution is -0.123. The molecule has 0 aliphatic heterocycles. The van der Waals surface area contributed by atoms with Gasteiger partial charge in [-0.25, -0.2) is 9.78 Å². The summed E-state index contributed by atoms with van der Waals surface area (Å²) in [5, 5.41) is 4.94. The number of nitrogens with zero attached hydrogens (tertiary/aromatic N) is 1. The summed E-state index contributed by atoms with van der Waals surface area (Å²) in [7, 11) is 0. The van der Waals surface area contributed by atoms with Crippen LogP contribution in [-0.4, -0.2) is 33.7 Å². The molecule has 0 unspecified atom stereocenters. The molecule has 150 valence electrons. The fourth-order valence-corrected chi connectivity index (χ4v) is 3.30. The fourth-order valence-electron chi connectivity index (χ4n) is 2.57. The zero-order valence-electron chi connectivity index (χ0n) is 16.3. The third kappa shape index (κ3) is 4.97. The summed E-state index contributed by atoms with van der Waals surface area (Å²) in [5.74, 6) is -1.37. The summed E-state index contributed by atoms with van der Waals surface area (Å²) in [6.45, 7) is 4.96. The number of aromatic amines is 1. The van der Waals surface area contributed by atoms with Crippen LogP contribution in [0.2, 0.25) is 0 Å². The summed E-state index contributed by atoms with van der Waals surface area (Å²) in [6, 6.07) is 9.48. The molecule has 1 aromatic carbocycles. The molecule has 1 amide bonds. The molecule has 0 fully saturated rings. The van der Waals surface area contributed by atoms with E-state index in [1.54, 1.807) is 0 Å². The monoisotopic (exact) mass is 411 g/mol. The number of ether oxygens (including phenoxy) is 1. The molecule has 0 bridgehead atoms. The quantitative estimate of drug-likeness (QED) is 0.450. The van der Waals surface area contributed by atoms with E-state index in [0.29, 0.717) is 10.7 Å². The van der Waals surface area contributed by atoms with Gasteiger partial charge < -0.3 is 9.72 Å². The predicted octanol–water partition coefficient (Wildman–Crippen LogP) is 4.09. The van der Waals surface area contributed by atoms with Gasteiger partial charge in [-0.1, -0.05) is 31.2 Å². The molecule has 29 heavy (non-hydrogen) atoms. The average Bonchev–Trinajstić information content (AvgIpc) is 3.38. The standard InChI is InChI=1S/C21H21N3O4S/c1-4-14-5-7-15(8-6-14)18-11-29-21(23-18)24-19(26)13(3)28-20(27)17-9-16(10-22-17)12(2)25/h5-11,13,22H,4H2,1-3H3,(H,23,24,26)/t13-/m0/s1. The van der Waals surface area contributed by atoms with Crippen LogP contribution >= 0.6 is 11.3 Å². The number of anilines is 1. The molecule has 0 radical (unpaired) electrons. The van der Waals surface area contributed by atoms with Crippen LogP contribution < -0.4 is 5.32 Å². The van der Waals surface area contributed by atoms with Gasteiger partial charge in [0.1, 0.15) is 5.69 Å². The number of aryl methyl sites for hydroxylation is 1. The number of amides is 1. The van der Waals surface area contributed by atoms with E-state index in [0.717, 1.165) is 17.7 Å². The summed E-state index contributed by atoms with van der Waals surface area (Å²) in [4.78, 5) is 42.9. The van der Waals surface area contributed by atoms with Crippen LogP contribution in [0.1, 0.15) is 47.2 Å². The minimum atomic E-state index is -1.03. The molecular formula is C21H21N3O4S. The van der Waals surface area contributed by atoms with Crippen LogP contribution in [0, 0.1) is 0 Å². The molecule has 1 atom stereocenters. The Kier molecular flexibility index (Phi) is 6.23. The van der Waals surface area contributed by atoms with Gasteiger partial charge in [0.05, 0.1) is 5.69 Å². The first-order chi connectivity index (χ1) is 13.9. The fraction of sp³-hybridized carbons (Fsp3) is 0.238. The molecule has 0 spiro atoms. The number of hydrogen-bond acceptors (Lipinski definition) is 6. The Morgan fingerprint density at radius 3 is 2.59 bits per heavy atom. The molecular weight excluding hydrogens is 390 g/mol. The second kappa shape index (κ2) is 8.83. The van der Waals surface area contributed by atoms with Crippen molar-refractivity contribution in [2.45, 2.75) is 33.3 Å². The van der Waals surface area contributed by atoms with Crippen LogP contribution in [0.3, 0.4) is 0 Å². The molecule has 2 heterocycles. The van der Waals surface area contributed by atoms with Gasteiger partial charge in [0.2, 0.25) is 0 Å². The smallest absolute Gasteiger partial charge is 0.355 e. The summed E-state index contributed by atoms with van der Waals surface area (Å²) in [5.41, 5.74) is 3.45. The van der Waals surface area contributed by atoms with Gasteiger partial charge in [0.25, 0.3) is 5.91 Å². The molecule has 3 aromatic rings. The van der Waals surface area contributed by atoms with Crippen molar-refractivity contribution < 1.29 is 19.1 Å². The van der Waals surface area contributed by atoms with Crippen molar-refractivity contribution in [3.8, 4) is 11.3 Å². The lowest BCUT2D eigenvalue weighted by Gasteiger charge is -2.11. The lowest BCUT2D eigenvalue weighted by Crippen LogP contribution is -2.30. The Morgan fingerprint density at radius 2 is 1.97 bits per heavy atom. The molecule has 2 N–H and O–H groups in total. The first kappa shape index (κ1) is 20.5. The lowest BCUT2D eigenvalue weighted by atomic mass is 10.1. The molecule has 2 aromatic heterocycles. The van der Waals surface area contributed by atoms with Crippen LogP contribution in [0.4, 0.5) is 5.13 Å². The number of H-pyrrole nitrogens is 1. The number of esters is 1. The van der Waals surface area contributed by atoms with Crippen LogP contribution in [-0.2, 0) is 16.0 Å². The molecule has 8 heteroatoms. The van der Waals surface area contributed by atoms with Gasteiger partial charge in [-0.05, 0) is 31.9 Å². The van der Waals surface area contributed by atoms with E-state index in [1.165, 1.54) is 43.0 Å². The number of aromatic nitrogens is 2. The van der Waals surface area contributed by atoms with Crippen molar-refractivity contribution in [3.63, 3.8) is 0 Å². The predicted molar refractivity (Wildman–Crippen MR) is 111 cm³/mol. The topological polar surface area (TPSA) is 101 Å². The zero-order valence-corrected chi connectivity index (χ0v) is 17.1. The number of carbonyl (C=O) groups excluding carboxylic acids is 3. The molecule has 7 nitrogen and oxygen atoms in total. The van der Waals surface area contributed by atoms with E-state index in [1.807, 2.05) is 29.6 Å². The van der Waals surface area contributed by atoms with Crippen molar-refractivity contribution in [2.75, 3.05) is 5.32 Å². The zero-order chi connectivity index (χ0) is 21.0. The number of thiazole rings is 1. The Labute approximate surface area is 172 Å². The van der Waals surface area contributed by atoms with E-state index < -0.39 is 18.0 Å². The van der Waals surface area contributed by atoms with Gasteiger partial charge in [-0.3, -0.25) is 14.9 Å². The van der Waals surface area contributed by atoms with Gasteiger partial charge in [-0.2, -0.15) is 0 Å². The van der Waals surface area contributed by atoms with Gasteiger partial charge in [-0.15, -0.1) is 11.3 Å². The average molecular weight is 411 g/mol.